The molecule has 0 radical (unpaired) electrons. The lowest BCUT2D eigenvalue weighted by Crippen LogP contribution is -2.38. The van der Waals surface area contributed by atoms with Gasteiger partial charge in [-0.05, 0) is 24.1 Å². The van der Waals surface area contributed by atoms with Gasteiger partial charge in [-0.2, -0.15) is 0 Å². The molecule has 0 spiro atoms. The van der Waals surface area contributed by atoms with Crippen molar-refractivity contribution in [1.29, 1.82) is 0 Å². The van der Waals surface area contributed by atoms with Crippen LogP contribution in [0.5, 0.6) is 11.5 Å². The van der Waals surface area contributed by atoms with Crippen molar-refractivity contribution < 1.29 is 9.47 Å². The summed E-state index contributed by atoms with van der Waals surface area (Å²) < 4.78 is 10.8. The second-order valence-electron chi connectivity index (χ2n) is 5.15. The van der Waals surface area contributed by atoms with E-state index >= 15 is 0 Å². The van der Waals surface area contributed by atoms with Gasteiger partial charge in [-0.15, -0.1) is 30.4 Å². The van der Waals surface area contributed by atoms with E-state index in [4.69, 9.17) is 15.9 Å². The molecular weight excluding hydrogens is 417 g/mol. The van der Waals surface area contributed by atoms with Crippen LogP contribution in [0.4, 0.5) is 0 Å². The van der Waals surface area contributed by atoms with E-state index in [0.717, 1.165) is 30.9 Å². The van der Waals surface area contributed by atoms with Gasteiger partial charge in [0.15, 0.2) is 17.5 Å². The van der Waals surface area contributed by atoms with Crippen molar-refractivity contribution in [2.24, 2.45) is 4.99 Å². The number of ether oxygens (including phenoxy) is 2. The van der Waals surface area contributed by atoms with Gasteiger partial charge in [0.1, 0.15) is 6.61 Å². The topological polar surface area (TPSA) is 46.1 Å². The van der Waals surface area contributed by atoms with E-state index in [2.05, 4.69) is 28.1 Å². The van der Waals surface area contributed by atoms with Crippen LogP contribution >= 0.6 is 24.0 Å². The Kier molecular flexibility index (Phi) is 11.9. The minimum Gasteiger partial charge on any atom is -0.493 e. The molecule has 0 aliphatic carbocycles. The van der Waals surface area contributed by atoms with Gasteiger partial charge >= 0.3 is 0 Å². The molecule has 0 aliphatic heterocycles. The summed E-state index contributed by atoms with van der Waals surface area (Å²) in [6.45, 7) is 4.03. The van der Waals surface area contributed by atoms with Crippen molar-refractivity contribution in [2.75, 3.05) is 34.4 Å². The van der Waals surface area contributed by atoms with Gasteiger partial charge in [-0.1, -0.05) is 25.3 Å². The molecule has 0 fully saturated rings. The first-order valence-corrected chi connectivity index (χ1v) is 7.81. The van der Waals surface area contributed by atoms with Crippen LogP contribution in [0.3, 0.4) is 0 Å². The van der Waals surface area contributed by atoms with Gasteiger partial charge in [-0.25, -0.2) is 0 Å². The molecule has 5 nitrogen and oxygen atoms in total. The van der Waals surface area contributed by atoms with E-state index in [1.807, 2.05) is 25.2 Å². The Bertz CT molecular complexity index is 556. The number of rotatable bonds is 8. The average Bonchev–Trinajstić information content (AvgIpc) is 2.58. The maximum Gasteiger partial charge on any atom is 0.193 e. The van der Waals surface area contributed by atoms with Crippen molar-refractivity contribution in [3.63, 3.8) is 0 Å². The summed E-state index contributed by atoms with van der Waals surface area (Å²) in [5.41, 5.74) is 1.07. The quantitative estimate of drug-likeness (QED) is 0.289. The van der Waals surface area contributed by atoms with Gasteiger partial charge in [0.05, 0.1) is 7.11 Å². The van der Waals surface area contributed by atoms with Crippen LogP contribution in [0, 0.1) is 12.3 Å². The summed E-state index contributed by atoms with van der Waals surface area (Å²) in [5, 5.41) is 3.35. The first-order chi connectivity index (χ1) is 11.2. The minimum atomic E-state index is 0. The molecule has 0 aromatic heterocycles. The van der Waals surface area contributed by atoms with Gasteiger partial charge in [0.2, 0.25) is 0 Å². The zero-order chi connectivity index (χ0) is 17.1. The highest BCUT2D eigenvalue weighted by Crippen LogP contribution is 2.27. The number of aliphatic imine (C=N–C) groups is 1. The Morgan fingerprint density at radius 3 is 2.71 bits per heavy atom. The molecule has 1 N–H and O–H groups in total. The second-order valence-corrected chi connectivity index (χ2v) is 5.15. The predicted octanol–water partition coefficient (Wildman–Crippen LogP) is 3.13. The fraction of sp³-hybridized carbons (Fsp3) is 0.500. The maximum atomic E-state index is 5.52. The van der Waals surface area contributed by atoms with Gasteiger partial charge in [0.25, 0.3) is 0 Å². The van der Waals surface area contributed by atoms with E-state index in [9.17, 15) is 0 Å². The summed E-state index contributed by atoms with van der Waals surface area (Å²) in [7, 11) is 5.45. The molecular formula is C18H28IN3O2. The summed E-state index contributed by atoms with van der Waals surface area (Å²) in [6.07, 6.45) is 7.55. The monoisotopic (exact) mass is 445 g/mol. The number of nitrogens with one attached hydrogen (secondary N) is 1. The van der Waals surface area contributed by atoms with Crippen LogP contribution in [0.25, 0.3) is 0 Å². The molecule has 0 bridgehead atoms. The number of methoxy groups -OCH3 is 1. The summed E-state index contributed by atoms with van der Waals surface area (Å²) in [6, 6.07) is 5.81. The number of hydrogen-bond donors (Lipinski definition) is 1. The molecule has 24 heavy (non-hydrogen) atoms. The smallest absolute Gasteiger partial charge is 0.193 e. The van der Waals surface area contributed by atoms with Crippen LogP contribution in [0.2, 0.25) is 0 Å². The molecule has 1 rings (SSSR count). The molecule has 0 atom stereocenters. The Balaban J connectivity index is 0.00000529. The predicted molar refractivity (Wildman–Crippen MR) is 110 cm³/mol. The first-order valence-electron chi connectivity index (χ1n) is 7.81. The maximum absolute atomic E-state index is 5.52. The fourth-order valence-corrected chi connectivity index (χ4v) is 2.13. The zero-order valence-electron chi connectivity index (χ0n) is 15.0. The fourth-order valence-electron chi connectivity index (χ4n) is 2.13. The molecule has 0 unspecified atom stereocenters. The lowest BCUT2D eigenvalue weighted by Gasteiger charge is -2.22. The second kappa shape index (κ2) is 12.8. The Morgan fingerprint density at radius 1 is 1.38 bits per heavy atom. The van der Waals surface area contributed by atoms with Gasteiger partial charge in [-0.3, -0.25) is 4.99 Å². The highest BCUT2D eigenvalue weighted by molar-refractivity contribution is 14.0. The van der Waals surface area contributed by atoms with Gasteiger partial charge in [0, 0.05) is 27.2 Å². The number of nitrogens with zero attached hydrogens (tertiary/aromatic N) is 2. The number of halogens is 1. The number of terminal acetylenes is 1. The molecule has 0 saturated carbocycles. The third kappa shape index (κ3) is 7.30. The third-order valence-corrected chi connectivity index (χ3v) is 3.41. The van der Waals surface area contributed by atoms with Crippen molar-refractivity contribution >= 4 is 29.9 Å². The number of benzene rings is 1. The largest absolute Gasteiger partial charge is 0.493 e. The average molecular weight is 445 g/mol. The van der Waals surface area contributed by atoms with Crippen LogP contribution in [-0.2, 0) is 6.54 Å². The van der Waals surface area contributed by atoms with Crippen molar-refractivity contribution in [3.8, 4) is 23.8 Å². The number of hydrogen-bond acceptors (Lipinski definition) is 3. The summed E-state index contributed by atoms with van der Waals surface area (Å²) in [5.74, 6) is 4.66. The normalized spacial score (nSPS) is 10.4. The number of guanidine groups is 1. The van der Waals surface area contributed by atoms with E-state index in [1.54, 1.807) is 14.2 Å². The SMILES string of the molecule is C#CCOc1cc(CNC(=NC)N(C)CCCC)ccc1OC.I. The lowest BCUT2D eigenvalue weighted by molar-refractivity contribution is 0.330. The number of unbranched alkanes of at least 4 members (excludes halogenated alkanes) is 1. The van der Waals surface area contributed by atoms with Gasteiger partial charge < -0.3 is 19.7 Å². The van der Waals surface area contributed by atoms with Crippen molar-refractivity contribution in [2.45, 2.75) is 26.3 Å². The Labute approximate surface area is 162 Å². The van der Waals surface area contributed by atoms with Crippen molar-refractivity contribution in [1.82, 2.24) is 10.2 Å². The van der Waals surface area contributed by atoms with Crippen LogP contribution in [-0.4, -0.2) is 45.2 Å². The molecule has 0 amide bonds. The molecule has 1 aromatic carbocycles. The van der Waals surface area contributed by atoms with Crippen LogP contribution in [0.1, 0.15) is 25.3 Å². The van der Waals surface area contributed by atoms with E-state index in [1.165, 1.54) is 0 Å². The lowest BCUT2D eigenvalue weighted by atomic mass is 10.2. The Morgan fingerprint density at radius 2 is 2.12 bits per heavy atom. The molecule has 1 aromatic rings. The summed E-state index contributed by atoms with van der Waals surface area (Å²) in [4.78, 5) is 6.44. The van der Waals surface area contributed by atoms with E-state index < -0.39 is 0 Å². The molecule has 0 aliphatic rings. The first kappa shape index (κ1) is 22.4. The highest BCUT2D eigenvalue weighted by Gasteiger charge is 2.08. The molecule has 0 heterocycles. The minimum absolute atomic E-state index is 0. The van der Waals surface area contributed by atoms with Crippen molar-refractivity contribution in [3.05, 3.63) is 23.8 Å². The van der Waals surface area contributed by atoms with E-state index in [-0.39, 0.29) is 30.6 Å². The van der Waals surface area contributed by atoms with Crippen LogP contribution in [0.15, 0.2) is 23.2 Å². The summed E-state index contributed by atoms with van der Waals surface area (Å²) >= 11 is 0. The molecule has 6 heteroatoms. The van der Waals surface area contributed by atoms with E-state index in [0.29, 0.717) is 18.0 Å². The highest BCUT2D eigenvalue weighted by atomic mass is 127. The molecule has 0 saturated heterocycles. The third-order valence-electron chi connectivity index (χ3n) is 3.41. The van der Waals surface area contributed by atoms with Crippen LogP contribution < -0.4 is 14.8 Å². The zero-order valence-corrected chi connectivity index (χ0v) is 17.3. The molecule has 134 valence electrons. The Hall–Kier alpha value is -1.62. The standard InChI is InChI=1S/C18H27N3O2.HI/c1-6-8-11-21(4)18(19-3)20-14-15-9-10-16(22-5)17(13-15)23-12-7-2;/h2,9-10,13H,6,8,11-12,14H2,1,3-5H3,(H,19,20);1H.